The fourth-order valence-corrected chi connectivity index (χ4v) is 2.99. The monoisotopic (exact) mass is 295 g/mol. The number of alkyl halides is 3. The molecular weight excluding hydrogens is 279 g/mol. The lowest BCUT2D eigenvalue weighted by Gasteiger charge is -2.47. The third-order valence-corrected chi connectivity index (χ3v) is 4.17. The predicted octanol–water partition coefficient (Wildman–Crippen LogP) is 1.42. The molecule has 0 aliphatic carbocycles. The van der Waals surface area contributed by atoms with Crippen molar-refractivity contribution < 1.29 is 32.6 Å². The number of nitrogens with zero attached hydrogens (tertiary/aromatic N) is 1. The van der Waals surface area contributed by atoms with E-state index in [1.807, 2.05) is 0 Å². The SMILES string of the molecule is O=C(O)C1CCC2(CCOCC2)CN1C(=O)C(F)(F)F. The Kier molecular flexibility index (Phi) is 3.95. The van der Waals surface area contributed by atoms with Gasteiger partial charge in [-0.25, -0.2) is 4.79 Å². The molecule has 5 nitrogen and oxygen atoms in total. The van der Waals surface area contributed by atoms with Crippen LogP contribution in [0.2, 0.25) is 0 Å². The lowest BCUT2D eigenvalue weighted by atomic mass is 9.72. The van der Waals surface area contributed by atoms with E-state index in [4.69, 9.17) is 9.84 Å². The summed E-state index contributed by atoms with van der Waals surface area (Å²) in [6, 6.07) is -1.39. The van der Waals surface area contributed by atoms with Crippen LogP contribution >= 0.6 is 0 Å². The topological polar surface area (TPSA) is 66.8 Å². The van der Waals surface area contributed by atoms with E-state index < -0.39 is 29.5 Å². The molecule has 0 aromatic rings. The lowest BCUT2D eigenvalue weighted by Crippen LogP contribution is -2.58. The van der Waals surface area contributed by atoms with Crippen molar-refractivity contribution in [2.24, 2.45) is 5.41 Å². The van der Waals surface area contributed by atoms with E-state index in [2.05, 4.69) is 0 Å². The van der Waals surface area contributed by atoms with Crippen LogP contribution in [0.1, 0.15) is 25.7 Å². The summed E-state index contributed by atoms with van der Waals surface area (Å²) in [7, 11) is 0. The number of carboxylic acids is 1. The minimum Gasteiger partial charge on any atom is -0.480 e. The van der Waals surface area contributed by atoms with E-state index in [-0.39, 0.29) is 13.0 Å². The fourth-order valence-electron chi connectivity index (χ4n) is 2.99. The standard InChI is InChI=1S/C12H16F3NO4/c13-12(14,15)10(19)16-7-11(3-5-20-6-4-11)2-1-8(16)9(17)18/h8H,1-7H2,(H,17,18). The second-order valence-electron chi connectivity index (χ2n) is 5.44. The Balaban J connectivity index is 2.22. The molecule has 1 N–H and O–H groups in total. The number of piperidine rings is 1. The predicted molar refractivity (Wildman–Crippen MR) is 60.9 cm³/mol. The molecule has 2 fully saturated rings. The first kappa shape index (κ1) is 15.1. The summed E-state index contributed by atoms with van der Waals surface area (Å²) in [6.45, 7) is 0.712. The Bertz CT molecular complexity index is 404. The number of carbonyl (C=O) groups excluding carboxylic acids is 1. The maximum atomic E-state index is 12.6. The van der Waals surface area contributed by atoms with Crippen LogP contribution in [0.25, 0.3) is 0 Å². The molecule has 2 aliphatic heterocycles. The Hall–Kier alpha value is -1.31. The molecule has 1 atom stereocenters. The van der Waals surface area contributed by atoms with Crippen LogP contribution in [-0.4, -0.2) is 53.9 Å². The van der Waals surface area contributed by atoms with Gasteiger partial charge < -0.3 is 14.7 Å². The minimum atomic E-state index is -5.04. The highest BCUT2D eigenvalue weighted by atomic mass is 19.4. The molecule has 0 aromatic heterocycles. The van der Waals surface area contributed by atoms with Gasteiger partial charge in [-0.05, 0) is 31.1 Å². The summed E-state index contributed by atoms with van der Waals surface area (Å²) in [6.07, 6.45) is -3.37. The van der Waals surface area contributed by atoms with Gasteiger partial charge in [0, 0.05) is 19.8 Å². The smallest absolute Gasteiger partial charge is 0.471 e. The quantitative estimate of drug-likeness (QED) is 0.794. The van der Waals surface area contributed by atoms with Gasteiger partial charge in [0.2, 0.25) is 0 Å². The third kappa shape index (κ3) is 2.89. The van der Waals surface area contributed by atoms with Crippen molar-refractivity contribution in [2.75, 3.05) is 19.8 Å². The summed E-state index contributed by atoms with van der Waals surface area (Å²) < 4.78 is 43.0. The van der Waals surface area contributed by atoms with Gasteiger partial charge in [0.15, 0.2) is 0 Å². The highest BCUT2D eigenvalue weighted by molar-refractivity contribution is 5.87. The first-order valence-electron chi connectivity index (χ1n) is 6.44. The molecule has 2 aliphatic rings. The van der Waals surface area contributed by atoms with E-state index in [1.54, 1.807) is 0 Å². The zero-order valence-electron chi connectivity index (χ0n) is 10.8. The van der Waals surface area contributed by atoms with Crippen LogP contribution in [0.5, 0.6) is 0 Å². The summed E-state index contributed by atoms with van der Waals surface area (Å²) >= 11 is 0. The number of rotatable bonds is 1. The first-order valence-corrected chi connectivity index (χ1v) is 6.44. The zero-order valence-corrected chi connectivity index (χ0v) is 10.8. The van der Waals surface area contributed by atoms with Gasteiger partial charge in [-0.1, -0.05) is 0 Å². The van der Waals surface area contributed by atoms with Crippen molar-refractivity contribution in [2.45, 2.75) is 37.9 Å². The van der Waals surface area contributed by atoms with Gasteiger partial charge >= 0.3 is 18.1 Å². The van der Waals surface area contributed by atoms with Crippen LogP contribution in [0.15, 0.2) is 0 Å². The lowest BCUT2D eigenvalue weighted by molar-refractivity contribution is -0.195. The molecule has 2 saturated heterocycles. The number of hydrogen-bond donors (Lipinski definition) is 1. The summed E-state index contributed by atoms with van der Waals surface area (Å²) in [4.78, 5) is 23.0. The number of carbonyl (C=O) groups is 2. The fraction of sp³-hybridized carbons (Fsp3) is 0.833. The van der Waals surface area contributed by atoms with E-state index in [9.17, 15) is 22.8 Å². The van der Waals surface area contributed by atoms with Crippen LogP contribution in [0.4, 0.5) is 13.2 Å². The molecule has 0 aromatic carbocycles. The van der Waals surface area contributed by atoms with Gasteiger partial charge in [0.25, 0.3) is 0 Å². The van der Waals surface area contributed by atoms with Crippen LogP contribution < -0.4 is 0 Å². The first-order chi connectivity index (χ1) is 9.25. The van der Waals surface area contributed by atoms with Gasteiger partial charge in [-0.2, -0.15) is 13.2 Å². The highest BCUT2D eigenvalue weighted by Gasteiger charge is 2.51. The number of ether oxygens (including phenoxy) is 1. The molecule has 0 bridgehead atoms. The molecule has 1 spiro atoms. The minimum absolute atomic E-state index is 0.0527. The van der Waals surface area contributed by atoms with Gasteiger partial charge in [0.05, 0.1) is 0 Å². The zero-order chi connectivity index (χ0) is 15.0. The third-order valence-electron chi connectivity index (χ3n) is 4.17. The Morgan fingerprint density at radius 3 is 2.30 bits per heavy atom. The molecule has 20 heavy (non-hydrogen) atoms. The Morgan fingerprint density at radius 2 is 1.80 bits per heavy atom. The molecule has 114 valence electrons. The van der Waals surface area contributed by atoms with Crippen LogP contribution in [0, 0.1) is 5.41 Å². The van der Waals surface area contributed by atoms with Gasteiger partial charge in [-0.15, -0.1) is 0 Å². The van der Waals surface area contributed by atoms with Crippen molar-refractivity contribution in [1.82, 2.24) is 4.90 Å². The average Bonchev–Trinajstić information content (AvgIpc) is 2.37. The van der Waals surface area contributed by atoms with Gasteiger partial charge in [-0.3, -0.25) is 4.79 Å². The summed E-state index contributed by atoms with van der Waals surface area (Å²) in [5.74, 6) is -3.44. The van der Waals surface area contributed by atoms with Crippen molar-refractivity contribution in [1.29, 1.82) is 0 Å². The number of amides is 1. The second kappa shape index (κ2) is 5.23. The number of aliphatic carboxylic acids is 1. The molecule has 8 heteroatoms. The summed E-state index contributed by atoms with van der Waals surface area (Å²) in [5, 5.41) is 9.02. The molecule has 2 rings (SSSR count). The van der Waals surface area contributed by atoms with Crippen molar-refractivity contribution >= 4 is 11.9 Å². The second-order valence-corrected chi connectivity index (χ2v) is 5.44. The number of halogens is 3. The van der Waals surface area contributed by atoms with Gasteiger partial charge in [0.1, 0.15) is 6.04 Å². The van der Waals surface area contributed by atoms with Crippen molar-refractivity contribution in [3.63, 3.8) is 0 Å². The molecule has 1 unspecified atom stereocenters. The molecule has 0 saturated carbocycles. The maximum absolute atomic E-state index is 12.6. The molecule has 0 radical (unpaired) electrons. The van der Waals surface area contributed by atoms with Crippen LogP contribution in [0.3, 0.4) is 0 Å². The normalized spacial score (nSPS) is 26.6. The van der Waals surface area contributed by atoms with E-state index in [1.165, 1.54) is 0 Å². The van der Waals surface area contributed by atoms with E-state index in [0.29, 0.717) is 37.4 Å². The van der Waals surface area contributed by atoms with E-state index in [0.717, 1.165) is 0 Å². The van der Waals surface area contributed by atoms with Crippen LogP contribution in [-0.2, 0) is 14.3 Å². The average molecular weight is 295 g/mol. The van der Waals surface area contributed by atoms with E-state index >= 15 is 0 Å². The Labute approximate surface area is 113 Å². The largest absolute Gasteiger partial charge is 0.480 e. The Morgan fingerprint density at radius 1 is 1.20 bits per heavy atom. The summed E-state index contributed by atoms with van der Waals surface area (Å²) in [5.41, 5.74) is -0.439. The van der Waals surface area contributed by atoms with Crippen molar-refractivity contribution in [3.05, 3.63) is 0 Å². The number of hydrogen-bond acceptors (Lipinski definition) is 3. The molecule has 1 amide bonds. The highest BCUT2D eigenvalue weighted by Crippen LogP contribution is 2.42. The number of likely N-dealkylation sites (tertiary alicyclic amines) is 1. The number of carboxylic acid groups (broad SMARTS) is 1. The maximum Gasteiger partial charge on any atom is 0.471 e. The molecule has 2 heterocycles. The molecular formula is C12H16F3NO4. The van der Waals surface area contributed by atoms with Crippen molar-refractivity contribution in [3.8, 4) is 0 Å².